The fraction of sp³-hybridized carbons (Fsp3) is 0.636. The van der Waals surface area contributed by atoms with Crippen molar-refractivity contribution in [2.24, 2.45) is 5.84 Å². The van der Waals surface area contributed by atoms with Gasteiger partial charge < -0.3 is 10.5 Å². The van der Waals surface area contributed by atoms with Gasteiger partial charge in [-0.25, -0.2) is 15.8 Å². The minimum atomic E-state index is 0.193. The number of nitrogens with zero attached hydrogens (tertiary/aromatic N) is 2. The minimum Gasteiger partial charge on any atom is -0.396 e. The Morgan fingerprint density at radius 3 is 2.65 bits per heavy atom. The fourth-order valence-electron chi connectivity index (χ4n) is 1.54. The van der Waals surface area contributed by atoms with E-state index in [1.54, 1.807) is 11.8 Å². The molecule has 0 bridgehead atoms. The van der Waals surface area contributed by atoms with E-state index in [2.05, 4.69) is 36.2 Å². The van der Waals surface area contributed by atoms with Crippen molar-refractivity contribution in [1.29, 1.82) is 0 Å². The van der Waals surface area contributed by atoms with Gasteiger partial charge in [0.25, 0.3) is 0 Å². The number of anilines is 1. The van der Waals surface area contributed by atoms with Crippen molar-refractivity contribution >= 4 is 17.6 Å². The Bertz CT molecular complexity index is 359. The van der Waals surface area contributed by atoms with Gasteiger partial charge in [0, 0.05) is 17.4 Å². The highest BCUT2D eigenvalue weighted by Gasteiger charge is 2.16. The first kappa shape index (κ1) is 14.2. The summed E-state index contributed by atoms with van der Waals surface area (Å²) in [6, 6.07) is 0. The van der Waals surface area contributed by atoms with Crippen LogP contribution in [0.5, 0.6) is 0 Å². The van der Waals surface area contributed by atoms with Crippen molar-refractivity contribution in [3.05, 3.63) is 11.9 Å². The van der Waals surface area contributed by atoms with Crippen LogP contribution in [0.4, 0.5) is 5.82 Å². The van der Waals surface area contributed by atoms with E-state index < -0.39 is 0 Å². The van der Waals surface area contributed by atoms with Gasteiger partial charge in [-0.3, -0.25) is 0 Å². The van der Waals surface area contributed by atoms with Gasteiger partial charge in [0.2, 0.25) is 0 Å². The van der Waals surface area contributed by atoms with Crippen molar-refractivity contribution in [1.82, 2.24) is 9.97 Å². The predicted molar refractivity (Wildman–Crippen MR) is 71.0 cm³/mol. The van der Waals surface area contributed by atoms with E-state index >= 15 is 0 Å². The van der Waals surface area contributed by atoms with Crippen LogP contribution in [0.1, 0.15) is 38.7 Å². The van der Waals surface area contributed by atoms with Crippen molar-refractivity contribution in [2.45, 2.75) is 43.4 Å². The molecule has 1 unspecified atom stereocenters. The van der Waals surface area contributed by atoms with Crippen molar-refractivity contribution in [3.63, 3.8) is 0 Å². The molecule has 0 spiro atoms. The second kappa shape index (κ2) is 6.78. The first-order valence-electron chi connectivity index (χ1n) is 5.69. The molecule has 6 heteroatoms. The number of aliphatic hydroxyl groups excluding tert-OH is 1. The molecule has 0 aliphatic carbocycles. The van der Waals surface area contributed by atoms with E-state index in [-0.39, 0.29) is 6.61 Å². The first-order chi connectivity index (χ1) is 8.10. The lowest BCUT2D eigenvalue weighted by atomic mass is 10.1. The number of aromatic nitrogens is 2. The molecule has 1 rings (SSSR count). The maximum atomic E-state index is 8.92. The number of nitrogens with two attached hydrogens (primary N) is 1. The normalized spacial score (nSPS) is 12.8. The molecule has 5 nitrogen and oxygen atoms in total. The van der Waals surface area contributed by atoms with Crippen LogP contribution in [0, 0.1) is 0 Å². The zero-order valence-corrected chi connectivity index (χ0v) is 11.3. The summed E-state index contributed by atoms with van der Waals surface area (Å²) in [7, 11) is 0. The van der Waals surface area contributed by atoms with Gasteiger partial charge in [-0.15, -0.1) is 11.8 Å². The van der Waals surface area contributed by atoms with Crippen LogP contribution >= 0.6 is 11.8 Å². The number of rotatable bonds is 6. The number of nitrogen functional groups attached to an aromatic ring is 1. The van der Waals surface area contributed by atoms with Crippen LogP contribution in [0.15, 0.2) is 11.4 Å². The maximum absolute atomic E-state index is 8.92. The molecule has 1 atom stereocenters. The summed E-state index contributed by atoms with van der Waals surface area (Å²) in [4.78, 5) is 8.43. The second-order valence-corrected chi connectivity index (χ2v) is 5.61. The highest BCUT2D eigenvalue weighted by atomic mass is 32.2. The summed E-state index contributed by atoms with van der Waals surface area (Å²) < 4.78 is 0. The van der Waals surface area contributed by atoms with Crippen molar-refractivity contribution < 1.29 is 5.11 Å². The molecule has 0 radical (unpaired) electrons. The smallest absolute Gasteiger partial charge is 0.147 e. The molecule has 17 heavy (non-hydrogen) atoms. The number of hydrogen-bond donors (Lipinski definition) is 3. The van der Waals surface area contributed by atoms with Crippen LogP contribution in [0.2, 0.25) is 0 Å². The van der Waals surface area contributed by atoms with E-state index in [4.69, 9.17) is 10.9 Å². The third-order valence-corrected chi connectivity index (χ3v) is 3.60. The van der Waals surface area contributed by atoms with Crippen LogP contribution in [0.3, 0.4) is 0 Å². The molecule has 96 valence electrons. The summed E-state index contributed by atoms with van der Waals surface area (Å²) in [6.45, 7) is 6.43. The SMILES string of the molecule is CC(CCO)Sc1ncnc(NN)c1C(C)C. The lowest BCUT2D eigenvalue weighted by Gasteiger charge is -2.17. The van der Waals surface area contributed by atoms with E-state index in [0.29, 0.717) is 17.0 Å². The molecular formula is C11H20N4OS. The molecule has 1 aromatic heterocycles. The van der Waals surface area contributed by atoms with Crippen LogP contribution in [0.25, 0.3) is 0 Å². The van der Waals surface area contributed by atoms with Gasteiger partial charge in [0.05, 0.1) is 0 Å². The molecule has 0 aliphatic heterocycles. The standard InChI is InChI=1S/C11H20N4OS/c1-7(2)9-10(15-12)13-6-14-11(9)17-8(3)4-5-16/h6-8,16H,4-5,12H2,1-3H3,(H,13,14,15). The van der Waals surface area contributed by atoms with Gasteiger partial charge >= 0.3 is 0 Å². The number of nitrogens with one attached hydrogen (secondary N) is 1. The molecule has 0 amide bonds. The molecule has 0 aliphatic rings. The highest BCUT2D eigenvalue weighted by molar-refractivity contribution is 7.99. The Hall–Kier alpha value is -0.850. The number of hydrazine groups is 1. The summed E-state index contributed by atoms with van der Waals surface area (Å²) in [5, 5.41) is 10.2. The molecule has 0 saturated heterocycles. The summed E-state index contributed by atoms with van der Waals surface area (Å²) in [5.41, 5.74) is 3.64. The Morgan fingerprint density at radius 1 is 1.41 bits per heavy atom. The van der Waals surface area contributed by atoms with Crippen molar-refractivity contribution in [2.75, 3.05) is 12.0 Å². The molecule has 0 aromatic carbocycles. The lowest BCUT2D eigenvalue weighted by molar-refractivity contribution is 0.289. The third kappa shape index (κ3) is 3.83. The van der Waals surface area contributed by atoms with Gasteiger partial charge in [-0.05, 0) is 12.3 Å². The van der Waals surface area contributed by atoms with Gasteiger partial charge in [-0.2, -0.15) is 0 Å². The summed E-state index contributed by atoms with van der Waals surface area (Å²) in [6.07, 6.45) is 2.26. The van der Waals surface area contributed by atoms with Gasteiger partial charge in [-0.1, -0.05) is 20.8 Å². The van der Waals surface area contributed by atoms with Crippen LogP contribution in [-0.4, -0.2) is 26.9 Å². The lowest BCUT2D eigenvalue weighted by Crippen LogP contribution is -2.14. The average Bonchev–Trinajstić information content (AvgIpc) is 2.28. The number of aliphatic hydroxyl groups is 1. The minimum absolute atomic E-state index is 0.193. The molecule has 4 N–H and O–H groups in total. The highest BCUT2D eigenvalue weighted by Crippen LogP contribution is 2.33. The Labute approximate surface area is 106 Å². The fourth-order valence-corrected chi connectivity index (χ4v) is 2.71. The largest absolute Gasteiger partial charge is 0.396 e. The first-order valence-corrected chi connectivity index (χ1v) is 6.57. The summed E-state index contributed by atoms with van der Waals surface area (Å²) in [5.74, 6) is 6.43. The molecule has 0 saturated carbocycles. The number of thioether (sulfide) groups is 1. The third-order valence-electron chi connectivity index (χ3n) is 2.41. The molecular weight excluding hydrogens is 236 g/mol. The molecule has 0 fully saturated rings. The Kier molecular flexibility index (Phi) is 5.67. The van der Waals surface area contributed by atoms with Crippen LogP contribution in [-0.2, 0) is 0 Å². The number of hydrogen-bond acceptors (Lipinski definition) is 6. The molecule has 1 aromatic rings. The summed E-state index contributed by atoms with van der Waals surface area (Å²) >= 11 is 1.65. The second-order valence-electron chi connectivity index (χ2n) is 4.18. The Balaban J connectivity index is 2.97. The van der Waals surface area contributed by atoms with Gasteiger partial charge in [0.1, 0.15) is 17.2 Å². The van der Waals surface area contributed by atoms with E-state index in [9.17, 15) is 0 Å². The average molecular weight is 256 g/mol. The quantitative estimate of drug-likeness (QED) is 0.311. The zero-order valence-electron chi connectivity index (χ0n) is 10.5. The van der Waals surface area contributed by atoms with Gasteiger partial charge in [0.15, 0.2) is 0 Å². The predicted octanol–water partition coefficient (Wildman–Crippen LogP) is 1.75. The van der Waals surface area contributed by atoms with E-state index in [1.807, 2.05) is 0 Å². The topological polar surface area (TPSA) is 84.1 Å². The van der Waals surface area contributed by atoms with Crippen molar-refractivity contribution in [3.8, 4) is 0 Å². The Morgan fingerprint density at radius 2 is 2.12 bits per heavy atom. The van der Waals surface area contributed by atoms with Crippen LogP contribution < -0.4 is 11.3 Å². The molecule has 1 heterocycles. The monoisotopic (exact) mass is 256 g/mol. The maximum Gasteiger partial charge on any atom is 0.147 e. The zero-order chi connectivity index (χ0) is 12.8. The van der Waals surface area contributed by atoms with E-state index in [1.165, 1.54) is 6.33 Å². The van der Waals surface area contributed by atoms with E-state index in [0.717, 1.165) is 17.0 Å².